The number of nitrogens with zero attached hydrogens (tertiary/aromatic N) is 2. The first-order chi connectivity index (χ1) is 14.9. The van der Waals surface area contributed by atoms with Gasteiger partial charge < -0.3 is 14.5 Å². The summed E-state index contributed by atoms with van der Waals surface area (Å²) in [5.74, 6) is 0.550. The van der Waals surface area contributed by atoms with Gasteiger partial charge in [0.2, 0.25) is 11.8 Å². The third-order valence-electron chi connectivity index (χ3n) is 4.56. The minimum atomic E-state index is -0.322. The van der Waals surface area contributed by atoms with Crippen molar-refractivity contribution in [3.8, 4) is 17.2 Å². The van der Waals surface area contributed by atoms with Gasteiger partial charge in [-0.25, -0.2) is 4.98 Å². The number of nitrogens with one attached hydrogen (secondary N) is 1. The molecule has 0 saturated carbocycles. The quantitative estimate of drug-likeness (QED) is 0.365. The van der Waals surface area contributed by atoms with Crippen molar-refractivity contribution in [2.45, 2.75) is 6.92 Å². The molecule has 31 heavy (non-hydrogen) atoms. The highest BCUT2D eigenvalue weighted by Crippen LogP contribution is 2.33. The van der Waals surface area contributed by atoms with Gasteiger partial charge in [-0.15, -0.1) is 0 Å². The second kappa shape index (κ2) is 8.79. The molecule has 0 unspecified atom stereocenters. The molecule has 0 fully saturated rings. The van der Waals surface area contributed by atoms with Crippen molar-refractivity contribution < 1.29 is 13.9 Å². The number of aryl methyl sites for hydroxylation is 1. The number of oxazole rings is 1. The highest BCUT2D eigenvalue weighted by Gasteiger charge is 2.12. The van der Waals surface area contributed by atoms with Crippen LogP contribution in [0.25, 0.3) is 28.8 Å². The number of benzene rings is 2. The Morgan fingerprint density at radius 3 is 2.81 bits per heavy atom. The summed E-state index contributed by atoms with van der Waals surface area (Å²) < 4.78 is 11.1. The fourth-order valence-corrected chi connectivity index (χ4v) is 3.63. The molecule has 0 bridgehead atoms. The van der Waals surface area contributed by atoms with Crippen LogP contribution >= 0.6 is 23.2 Å². The molecular formula is C23H17Cl2N3O3. The van der Waals surface area contributed by atoms with Crippen LogP contribution in [0.2, 0.25) is 10.0 Å². The van der Waals surface area contributed by atoms with Gasteiger partial charge in [-0.2, -0.15) is 4.98 Å². The van der Waals surface area contributed by atoms with Crippen molar-refractivity contribution in [3.05, 3.63) is 75.9 Å². The minimum absolute atomic E-state index is 0.322. The van der Waals surface area contributed by atoms with Gasteiger partial charge in [0.15, 0.2) is 11.2 Å². The molecule has 2 aromatic carbocycles. The second-order valence-corrected chi connectivity index (χ2v) is 7.55. The van der Waals surface area contributed by atoms with Crippen molar-refractivity contribution in [3.63, 3.8) is 0 Å². The topological polar surface area (TPSA) is 77.2 Å². The molecule has 4 rings (SSSR count). The van der Waals surface area contributed by atoms with Crippen molar-refractivity contribution in [2.24, 2.45) is 0 Å². The first kappa shape index (κ1) is 20.9. The standard InChI is InChI=1S/C23H17Cl2N3O3/c1-13-5-6-15(23-28-22-19(31-23)4-3-9-26-22)11-18(13)27-20(29)8-7-14-10-16(24)12-17(25)21(14)30-2/h3-12H,1-2H3,(H,27,29). The molecule has 0 spiro atoms. The van der Waals surface area contributed by atoms with Gasteiger partial charge in [0.25, 0.3) is 0 Å². The summed E-state index contributed by atoms with van der Waals surface area (Å²) in [6, 6.07) is 12.4. The third-order valence-corrected chi connectivity index (χ3v) is 5.06. The Morgan fingerprint density at radius 1 is 1.19 bits per heavy atom. The number of rotatable bonds is 5. The molecule has 6 nitrogen and oxygen atoms in total. The molecule has 4 aromatic rings. The number of carbonyl (C=O) groups is 1. The maximum absolute atomic E-state index is 12.5. The lowest BCUT2D eigenvalue weighted by Crippen LogP contribution is -2.09. The zero-order valence-electron chi connectivity index (χ0n) is 16.6. The average molecular weight is 454 g/mol. The number of pyridine rings is 1. The van der Waals surface area contributed by atoms with Crippen LogP contribution in [-0.2, 0) is 4.79 Å². The first-order valence-corrected chi connectivity index (χ1v) is 10.0. The molecule has 1 N–H and O–H groups in total. The summed E-state index contributed by atoms with van der Waals surface area (Å²) in [5.41, 5.74) is 3.98. The summed E-state index contributed by atoms with van der Waals surface area (Å²) >= 11 is 12.2. The molecule has 156 valence electrons. The number of hydrogen-bond acceptors (Lipinski definition) is 5. The largest absolute Gasteiger partial charge is 0.495 e. The van der Waals surface area contributed by atoms with E-state index < -0.39 is 0 Å². The van der Waals surface area contributed by atoms with Gasteiger partial charge in [-0.1, -0.05) is 29.3 Å². The van der Waals surface area contributed by atoms with Crippen LogP contribution in [-0.4, -0.2) is 23.0 Å². The van der Waals surface area contributed by atoms with E-state index in [1.807, 2.05) is 25.1 Å². The second-order valence-electron chi connectivity index (χ2n) is 6.71. The van der Waals surface area contributed by atoms with E-state index in [1.165, 1.54) is 13.2 Å². The number of hydrogen-bond donors (Lipinski definition) is 1. The number of methoxy groups -OCH3 is 1. The van der Waals surface area contributed by atoms with Crippen LogP contribution < -0.4 is 10.1 Å². The number of halogens is 2. The van der Waals surface area contributed by atoms with Crippen molar-refractivity contribution in [1.29, 1.82) is 0 Å². The van der Waals surface area contributed by atoms with E-state index in [1.54, 1.807) is 36.5 Å². The number of aromatic nitrogens is 2. The monoisotopic (exact) mass is 453 g/mol. The van der Waals surface area contributed by atoms with Crippen molar-refractivity contribution in [2.75, 3.05) is 12.4 Å². The van der Waals surface area contributed by atoms with E-state index in [-0.39, 0.29) is 5.91 Å². The number of anilines is 1. The van der Waals surface area contributed by atoms with Crippen LogP contribution in [0.4, 0.5) is 5.69 Å². The normalized spacial score (nSPS) is 11.2. The van der Waals surface area contributed by atoms with Crippen LogP contribution in [0.1, 0.15) is 11.1 Å². The van der Waals surface area contributed by atoms with Crippen molar-refractivity contribution >= 4 is 52.1 Å². The maximum Gasteiger partial charge on any atom is 0.248 e. The molecule has 0 aliphatic rings. The van der Waals surface area contributed by atoms with Crippen molar-refractivity contribution in [1.82, 2.24) is 9.97 Å². The lowest BCUT2D eigenvalue weighted by atomic mass is 10.1. The first-order valence-electron chi connectivity index (χ1n) is 9.29. The van der Waals surface area contributed by atoms with Crippen LogP contribution in [0.3, 0.4) is 0 Å². The van der Waals surface area contributed by atoms with E-state index in [9.17, 15) is 4.79 Å². The molecule has 0 aliphatic heterocycles. The summed E-state index contributed by atoms with van der Waals surface area (Å²) in [5, 5.41) is 3.69. The number of ether oxygens (including phenoxy) is 1. The smallest absolute Gasteiger partial charge is 0.248 e. The fraction of sp³-hybridized carbons (Fsp3) is 0.0870. The zero-order valence-corrected chi connectivity index (χ0v) is 18.2. The van der Waals surface area contributed by atoms with Crippen LogP contribution in [0.5, 0.6) is 5.75 Å². The molecule has 2 heterocycles. The zero-order chi connectivity index (χ0) is 22.0. The number of fused-ring (bicyclic) bond motifs is 1. The Hall–Kier alpha value is -3.35. The van der Waals surface area contributed by atoms with Gasteiger partial charge >= 0.3 is 0 Å². The lowest BCUT2D eigenvalue weighted by Gasteiger charge is -2.09. The highest BCUT2D eigenvalue weighted by atomic mass is 35.5. The summed E-state index contributed by atoms with van der Waals surface area (Å²) in [7, 11) is 1.50. The summed E-state index contributed by atoms with van der Waals surface area (Å²) in [4.78, 5) is 21.1. The number of carbonyl (C=O) groups excluding carboxylic acids is 1. The van der Waals surface area contributed by atoms with E-state index >= 15 is 0 Å². The molecule has 8 heteroatoms. The lowest BCUT2D eigenvalue weighted by molar-refractivity contribution is -0.111. The Balaban J connectivity index is 1.57. The van der Waals surface area contributed by atoms with Gasteiger partial charge in [-0.05, 0) is 55.0 Å². The van der Waals surface area contributed by atoms with Gasteiger partial charge in [0.1, 0.15) is 5.75 Å². The molecule has 0 atom stereocenters. The maximum atomic E-state index is 12.5. The van der Waals surface area contributed by atoms with Crippen LogP contribution in [0.15, 0.2) is 59.2 Å². The minimum Gasteiger partial charge on any atom is -0.495 e. The highest BCUT2D eigenvalue weighted by molar-refractivity contribution is 6.36. The van der Waals surface area contributed by atoms with Crippen LogP contribution in [0, 0.1) is 6.92 Å². The molecule has 2 aromatic heterocycles. The Kier molecular flexibility index (Phi) is 5.93. The fourth-order valence-electron chi connectivity index (χ4n) is 3.04. The van der Waals surface area contributed by atoms with E-state index in [2.05, 4.69) is 15.3 Å². The average Bonchev–Trinajstić information content (AvgIpc) is 3.18. The Morgan fingerprint density at radius 2 is 2.03 bits per heavy atom. The van der Waals surface area contributed by atoms with Gasteiger partial charge in [-0.3, -0.25) is 4.79 Å². The Labute approximate surface area is 188 Å². The summed E-state index contributed by atoms with van der Waals surface area (Å²) in [6.45, 7) is 1.90. The van der Waals surface area contributed by atoms with Gasteiger partial charge in [0, 0.05) is 34.1 Å². The molecular weight excluding hydrogens is 437 g/mol. The SMILES string of the molecule is COc1c(Cl)cc(Cl)cc1C=CC(=O)Nc1cc(-c2nc3ncccc3o2)ccc1C. The predicted octanol–water partition coefficient (Wildman–Crippen LogP) is 6.17. The molecule has 0 aliphatic carbocycles. The molecule has 0 radical (unpaired) electrons. The number of amides is 1. The van der Waals surface area contributed by atoms with E-state index in [4.69, 9.17) is 32.4 Å². The Bertz CT molecular complexity index is 1280. The molecule has 1 amide bonds. The summed E-state index contributed by atoms with van der Waals surface area (Å²) in [6.07, 6.45) is 4.64. The predicted molar refractivity (Wildman–Crippen MR) is 123 cm³/mol. The van der Waals surface area contributed by atoms with Gasteiger partial charge in [0.05, 0.1) is 12.1 Å². The van der Waals surface area contributed by atoms with E-state index in [0.29, 0.717) is 44.2 Å². The van der Waals surface area contributed by atoms with E-state index in [0.717, 1.165) is 11.1 Å². The third kappa shape index (κ3) is 4.55. The molecule has 0 saturated heterocycles.